The zero-order valence-corrected chi connectivity index (χ0v) is 25.7. The topological polar surface area (TPSA) is 116 Å². The van der Waals surface area contributed by atoms with E-state index < -0.39 is 34.7 Å². The number of hydrogen-bond donors (Lipinski definition) is 2. The first kappa shape index (κ1) is 31.7. The monoisotopic (exact) mass is 611 g/mol. The molecule has 1 aliphatic carbocycles. The van der Waals surface area contributed by atoms with Gasteiger partial charge in [-0.1, -0.05) is 11.6 Å². The molecular formula is C32H35ClFN3O6. The second kappa shape index (κ2) is 12.6. The lowest BCUT2D eigenvalue weighted by Gasteiger charge is -2.29. The predicted molar refractivity (Wildman–Crippen MR) is 160 cm³/mol. The standard InChI is InChI=1S/C32H35ClFN3O6/c1-31(2,3)43-30(40)37-32(4,5)20-15-24(18-7-11-23(34)22(33)13-18)36-25(16-20)26(38)17-35-29(39)19-8-12-27(28(14-19)41-6)42-21-9-10-21/h7-8,11-16,21H,9-10,17H2,1-6H3,(H,35,39)(H,37,40). The van der Waals surface area contributed by atoms with Crippen molar-refractivity contribution < 1.29 is 33.0 Å². The lowest BCUT2D eigenvalue weighted by atomic mass is 9.92. The summed E-state index contributed by atoms with van der Waals surface area (Å²) < 4.78 is 30.5. The van der Waals surface area contributed by atoms with Gasteiger partial charge in [0.2, 0.25) is 0 Å². The molecule has 0 unspecified atom stereocenters. The number of nitrogens with one attached hydrogen (secondary N) is 2. The van der Waals surface area contributed by atoms with Crippen LogP contribution in [0, 0.1) is 5.82 Å². The molecule has 4 rings (SSSR count). The predicted octanol–water partition coefficient (Wildman–Crippen LogP) is 6.46. The van der Waals surface area contributed by atoms with Crippen LogP contribution in [0.3, 0.4) is 0 Å². The highest BCUT2D eigenvalue weighted by Gasteiger charge is 2.29. The van der Waals surface area contributed by atoms with Crippen LogP contribution in [-0.4, -0.2) is 48.1 Å². The maximum absolute atomic E-state index is 13.9. The molecule has 0 radical (unpaired) electrons. The molecule has 2 N–H and O–H groups in total. The molecule has 1 aliphatic rings. The van der Waals surface area contributed by atoms with E-state index in [2.05, 4.69) is 15.6 Å². The molecule has 1 fully saturated rings. The molecule has 43 heavy (non-hydrogen) atoms. The number of carbonyl (C=O) groups is 3. The van der Waals surface area contributed by atoms with Gasteiger partial charge in [0.15, 0.2) is 17.3 Å². The summed E-state index contributed by atoms with van der Waals surface area (Å²) >= 11 is 6.02. The summed E-state index contributed by atoms with van der Waals surface area (Å²) in [7, 11) is 1.49. The van der Waals surface area contributed by atoms with E-state index in [-0.39, 0.29) is 23.4 Å². The van der Waals surface area contributed by atoms with Crippen LogP contribution in [0.25, 0.3) is 11.3 Å². The molecule has 0 spiro atoms. The van der Waals surface area contributed by atoms with Crippen molar-refractivity contribution in [3.8, 4) is 22.8 Å². The first-order chi connectivity index (χ1) is 20.1. The van der Waals surface area contributed by atoms with Crippen LogP contribution in [0.4, 0.5) is 9.18 Å². The molecule has 9 nitrogen and oxygen atoms in total. The number of pyridine rings is 1. The van der Waals surface area contributed by atoms with E-state index in [1.807, 2.05) is 0 Å². The highest BCUT2D eigenvalue weighted by atomic mass is 35.5. The number of aromatic nitrogens is 1. The Morgan fingerprint density at radius 3 is 2.35 bits per heavy atom. The van der Waals surface area contributed by atoms with Gasteiger partial charge in [0.1, 0.15) is 17.1 Å². The summed E-state index contributed by atoms with van der Waals surface area (Å²) in [5.74, 6) is -0.606. The zero-order chi connectivity index (χ0) is 31.5. The highest BCUT2D eigenvalue weighted by Crippen LogP contribution is 2.34. The fourth-order valence-electron chi connectivity index (χ4n) is 4.09. The summed E-state index contributed by atoms with van der Waals surface area (Å²) in [5, 5.41) is 5.34. The minimum absolute atomic E-state index is 0.0260. The van der Waals surface area contributed by atoms with E-state index in [1.165, 1.54) is 31.4 Å². The molecule has 1 aromatic heterocycles. The quantitative estimate of drug-likeness (QED) is 0.253. The zero-order valence-electron chi connectivity index (χ0n) is 25.0. The molecule has 1 saturated carbocycles. The Morgan fingerprint density at radius 1 is 1.00 bits per heavy atom. The molecule has 0 aliphatic heterocycles. The molecule has 1 heterocycles. The van der Waals surface area contributed by atoms with Gasteiger partial charge in [0, 0.05) is 11.1 Å². The van der Waals surface area contributed by atoms with Crippen molar-refractivity contribution in [1.82, 2.24) is 15.6 Å². The first-order valence-electron chi connectivity index (χ1n) is 13.8. The third kappa shape index (κ3) is 8.44. The number of carbonyl (C=O) groups excluding carboxylic acids is 3. The SMILES string of the molecule is COc1cc(C(=O)NCC(=O)c2cc(C(C)(C)NC(=O)OC(C)(C)C)cc(-c3ccc(F)c(Cl)c3)n2)ccc1OC1CC1. The molecule has 228 valence electrons. The van der Waals surface area contributed by atoms with Crippen LogP contribution in [0.2, 0.25) is 5.02 Å². The summed E-state index contributed by atoms with van der Waals surface area (Å²) in [4.78, 5) is 43.4. The molecule has 11 heteroatoms. The van der Waals surface area contributed by atoms with Crippen molar-refractivity contribution in [3.63, 3.8) is 0 Å². The van der Waals surface area contributed by atoms with E-state index in [0.717, 1.165) is 12.8 Å². The second-order valence-corrected chi connectivity index (χ2v) is 12.2. The maximum atomic E-state index is 13.9. The first-order valence-corrected chi connectivity index (χ1v) is 14.2. The van der Waals surface area contributed by atoms with Gasteiger partial charge in [-0.05, 0) is 102 Å². The fourth-order valence-corrected chi connectivity index (χ4v) is 4.27. The summed E-state index contributed by atoms with van der Waals surface area (Å²) in [6.45, 7) is 8.38. The van der Waals surface area contributed by atoms with E-state index >= 15 is 0 Å². The Hall–Kier alpha value is -4.18. The van der Waals surface area contributed by atoms with Crippen LogP contribution >= 0.6 is 11.6 Å². The normalized spacial score (nSPS) is 13.2. The average Bonchev–Trinajstić information content (AvgIpc) is 3.75. The van der Waals surface area contributed by atoms with E-state index in [1.54, 1.807) is 58.9 Å². The van der Waals surface area contributed by atoms with Crippen molar-refractivity contribution in [1.29, 1.82) is 0 Å². The molecule has 3 aromatic rings. The molecule has 2 amide bonds. The largest absolute Gasteiger partial charge is 0.493 e. The number of halogens is 2. The maximum Gasteiger partial charge on any atom is 0.408 e. The fraction of sp³-hybridized carbons (Fsp3) is 0.375. The van der Waals surface area contributed by atoms with Gasteiger partial charge in [-0.2, -0.15) is 0 Å². The van der Waals surface area contributed by atoms with Crippen molar-refractivity contribution in [2.75, 3.05) is 13.7 Å². The number of methoxy groups -OCH3 is 1. The van der Waals surface area contributed by atoms with Crippen LogP contribution in [0.5, 0.6) is 11.5 Å². The minimum atomic E-state index is -1.01. The van der Waals surface area contributed by atoms with Crippen molar-refractivity contribution in [3.05, 3.63) is 76.2 Å². The van der Waals surface area contributed by atoms with Gasteiger partial charge in [-0.15, -0.1) is 0 Å². The summed E-state index contributed by atoms with van der Waals surface area (Å²) in [6, 6.07) is 12.1. The van der Waals surface area contributed by atoms with Crippen molar-refractivity contribution >= 4 is 29.4 Å². The van der Waals surface area contributed by atoms with Gasteiger partial charge < -0.3 is 24.8 Å². The summed E-state index contributed by atoms with van der Waals surface area (Å²) in [5.41, 5.74) is -0.110. The van der Waals surface area contributed by atoms with Gasteiger partial charge in [0.25, 0.3) is 5.91 Å². The number of hydrogen-bond acceptors (Lipinski definition) is 7. The highest BCUT2D eigenvalue weighted by molar-refractivity contribution is 6.31. The van der Waals surface area contributed by atoms with Crippen LogP contribution < -0.4 is 20.1 Å². The van der Waals surface area contributed by atoms with Crippen LogP contribution in [0.1, 0.15) is 73.9 Å². The number of alkyl carbamates (subject to hydrolysis) is 1. The Bertz CT molecular complexity index is 1550. The van der Waals surface area contributed by atoms with Crippen molar-refractivity contribution in [2.24, 2.45) is 0 Å². The van der Waals surface area contributed by atoms with Gasteiger partial charge in [-0.3, -0.25) is 9.59 Å². The number of Topliss-reactive ketones (excluding diaryl/α,β-unsaturated/α-hetero) is 1. The number of ketones is 1. The lowest BCUT2D eigenvalue weighted by Crippen LogP contribution is -2.44. The molecular weight excluding hydrogens is 577 g/mol. The third-order valence-corrected chi connectivity index (χ3v) is 6.80. The molecule has 0 bridgehead atoms. The van der Waals surface area contributed by atoms with Gasteiger partial charge >= 0.3 is 6.09 Å². The third-order valence-electron chi connectivity index (χ3n) is 6.51. The Balaban J connectivity index is 1.58. The van der Waals surface area contributed by atoms with E-state index in [0.29, 0.717) is 33.9 Å². The van der Waals surface area contributed by atoms with Gasteiger partial charge in [0.05, 0.1) is 36.0 Å². The van der Waals surface area contributed by atoms with Crippen LogP contribution in [-0.2, 0) is 10.3 Å². The molecule has 2 aromatic carbocycles. The summed E-state index contributed by atoms with van der Waals surface area (Å²) in [6.07, 6.45) is 1.47. The number of nitrogens with zero attached hydrogens (tertiary/aromatic N) is 1. The molecule has 0 saturated heterocycles. The smallest absolute Gasteiger partial charge is 0.408 e. The Labute approximate surface area is 255 Å². The van der Waals surface area contributed by atoms with Crippen LogP contribution in [0.15, 0.2) is 48.5 Å². The van der Waals surface area contributed by atoms with Gasteiger partial charge in [-0.25, -0.2) is 14.2 Å². The van der Waals surface area contributed by atoms with E-state index in [9.17, 15) is 18.8 Å². The second-order valence-electron chi connectivity index (χ2n) is 11.8. The number of benzene rings is 2. The Morgan fingerprint density at radius 2 is 1.72 bits per heavy atom. The average molecular weight is 612 g/mol. The minimum Gasteiger partial charge on any atom is -0.493 e. The number of ether oxygens (including phenoxy) is 3. The number of amides is 2. The Kier molecular flexibility index (Phi) is 9.29. The number of rotatable bonds is 10. The molecule has 0 atom stereocenters. The van der Waals surface area contributed by atoms with E-state index in [4.69, 9.17) is 25.8 Å². The lowest BCUT2D eigenvalue weighted by molar-refractivity contribution is 0.0470. The van der Waals surface area contributed by atoms with Crippen molar-refractivity contribution in [2.45, 2.75) is 64.7 Å².